The Hall–Kier alpha value is -3.60. The molecular weight excluding hydrogens is 465 g/mol. The molecule has 0 spiro atoms. The molecule has 0 bridgehead atoms. The zero-order valence-corrected chi connectivity index (χ0v) is 20.0. The molecule has 6 aromatic rings. The van der Waals surface area contributed by atoms with Gasteiger partial charge in [-0.15, -0.1) is 0 Å². The predicted octanol–water partition coefficient (Wildman–Crippen LogP) is 7.56. The highest BCUT2D eigenvalue weighted by Gasteiger charge is 2.25. The van der Waals surface area contributed by atoms with E-state index in [4.69, 9.17) is 28.2 Å². The van der Waals surface area contributed by atoms with E-state index in [1.54, 1.807) is 24.3 Å². The van der Waals surface area contributed by atoms with Gasteiger partial charge in [0, 0.05) is 27.4 Å². The lowest BCUT2D eigenvalue weighted by atomic mass is 10.0. The Bertz CT molecular complexity index is 1740. The molecule has 0 aliphatic heterocycles. The van der Waals surface area contributed by atoms with Crippen molar-refractivity contribution in [2.75, 3.05) is 0 Å². The van der Waals surface area contributed by atoms with Crippen molar-refractivity contribution in [1.82, 2.24) is 13.8 Å². The summed E-state index contributed by atoms with van der Waals surface area (Å²) in [4.78, 5) is 19.0. The molecule has 166 valence electrons. The van der Waals surface area contributed by atoms with Gasteiger partial charge in [-0.2, -0.15) is 0 Å². The lowest BCUT2D eigenvalue weighted by Gasteiger charge is -2.16. The Balaban J connectivity index is 1.82. The number of halogens is 2. The molecule has 0 saturated carbocycles. The first-order chi connectivity index (χ1) is 16.4. The van der Waals surface area contributed by atoms with Gasteiger partial charge < -0.3 is 4.40 Å². The van der Waals surface area contributed by atoms with E-state index in [2.05, 4.69) is 30.4 Å². The third-order valence-electron chi connectivity index (χ3n) is 6.38. The van der Waals surface area contributed by atoms with Crippen LogP contribution < -0.4 is 0 Å². The van der Waals surface area contributed by atoms with Crippen molar-refractivity contribution in [3.05, 3.63) is 111 Å². The van der Waals surface area contributed by atoms with E-state index in [0.717, 1.165) is 39.0 Å². The number of nitrogens with zero attached hydrogens (tertiary/aromatic N) is 3. The zero-order valence-electron chi connectivity index (χ0n) is 18.5. The van der Waals surface area contributed by atoms with Crippen molar-refractivity contribution >= 4 is 51.2 Å². The van der Waals surface area contributed by atoms with Crippen molar-refractivity contribution in [3.8, 4) is 11.3 Å². The Morgan fingerprint density at radius 3 is 2.18 bits per heavy atom. The largest absolute Gasteiger partial charge is 0.308 e. The molecule has 0 amide bonds. The molecule has 0 radical (unpaired) electrons. The number of aromatic nitrogens is 3. The van der Waals surface area contributed by atoms with Crippen LogP contribution in [0.1, 0.15) is 27.2 Å². The quantitative estimate of drug-likeness (QED) is 0.243. The molecule has 3 aromatic heterocycles. The Morgan fingerprint density at radius 1 is 0.824 bits per heavy atom. The Labute approximate surface area is 206 Å². The maximum atomic E-state index is 14.0. The normalized spacial score (nSPS) is 11.6. The second-order valence-corrected chi connectivity index (χ2v) is 9.37. The van der Waals surface area contributed by atoms with Crippen LogP contribution in [0.2, 0.25) is 10.0 Å². The lowest BCUT2D eigenvalue weighted by molar-refractivity contribution is 0.103. The summed E-state index contributed by atoms with van der Waals surface area (Å²) in [6.45, 7) is 4.17. The molecule has 0 saturated heterocycles. The third-order valence-corrected chi connectivity index (χ3v) is 6.88. The maximum absolute atomic E-state index is 14.0. The van der Waals surface area contributed by atoms with Gasteiger partial charge >= 0.3 is 0 Å². The molecule has 6 heteroatoms. The van der Waals surface area contributed by atoms with E-state index in [9.17, 15) is 4.79 Å². The molecule has 0 unspecified atom stereocenters. The fraction of sp³-hybridized carbons (Fsp3) is 0.0714. The van der Waals surface area contributed by atoms with Gasteiger partial charge in [0.15, 0.2) is 5.65 Å². The summed E-state index contributed by atoms with van der Waals surface area (Å²) in [5.74, 6) is -0.101. The molecule has 3 aromatic carbocycles. The molecule has 6 rings (SSSR count). The van der Waals surface area contributed by atoms with Crippen LogP contribution in [0.25, 0.3) is 33.5 Å². The average Bonchev–Trinajstić information content (AvgIpc) is 3.44. The zero-order chi connectivity index (χ0) is 23.6. The van der Waals surface area contributed by atoms with Gasteiger partial charge in [0.05, 0.1) is 22.2 Å². The minimum Gasteiger partial charge on any atom is -0.308 e. The number of aryl methyl sites for hydroxylation is 2. The van der Waals surface area contributed by atoms with Crippen LogP contribution >= 0.6 is 23.2 Å². The van der Waals surface area contributed by atoms with E-state index < -0.39 is 0 Å². The number of rotatable bonds is 3. The second kappa shape index (κ2) is 7.73. The number of hydrogen-bond donors (Lipinski definition) is 0. The van der Waals surface area contributed by atoms with Gasteiger partial charge in [0.1, 0.15) is 5.69 Å². The number of imidazole rings is 1. The molecule has 0 aliphatic rings. The van der Waals surface area contributed by atoms with Crippen molar-refractivity contribution < 1.29 is 4.79 Å². The van der Waals surface area contributed by atoms with E-state index in [1.807, 2.05) is 47.0 Å². The van der Waals surface area contributed by atoms with Crippen LogP contribution in [0.4, 0.5) is 0 Å². The first-order valence-corrected chi connectivity index (χ1v) is 11.7. The molecular formula is C28H19Cl2N3O. The molecule has 0 fully saturated rings. The number of fused-ring (bicyclic) bond motifs is 5. The van der Waals surface area contributed by atoms with Crippen LogP contribution in [0.5, 0.6) is 0 Å². The SMILES string of the molecule is Cc1cc2nc3c4cccn4c(C(=O)c4ccc(Cl)cc4)c(-c4ccc(Cl)cc4)n3c2cc1C. The smallest absolute Gasteiger partial charge is 0.211 e. The molecule has 34 heavy (non-hydrogen) atoms. The van der Waals surface area contributed by atoms with Crippen LogP contribution in [-0.4, -0.2) is 19.6 Å². The average molecular weight is 484 g/mol. The molecule has 0 aliphatic carbocycles. The minimum atomic E-state index is -0.101. The molecule has 0 atom stereocenters. The van der Waals surface area contributed by atoms with E-state index in [-0.39, 0.29) is 5.78 Å². The molecule has 3 heterocycles. The summed E-state index contributed by atoms with van der Waals surface area (Å²) in [7, 11) is 0. The van der Waals surface area contributed by atoms with Crippen molar-refractivity contribution in [2.24, 2.45) is 0 Å². The third kappa shape index (κ3) is 3.14. The predicted molar refractivity (Wildman–Crippen MR) is 138 cm³/mol. The highest BCUT2D eigenvalue weighted by atomic mass is 35.5. The molecule has 4 nitrogen and oxygen atoms in total. The first kappa shape index (κ1) is 21.0. The monoisotopic (exact) mass is 483 g/mol. The van der Waals surface area contributed by atoms with E-state index >= 15 is 0 Å². The lowest BCUT2D eigenvalue weighted by Crippen LogP contribution is -2.13. The summed E-state index contributed by atoms with van der Waals surface area (Å²) in [6, 6.07) is 22.7. The fourth-order valence-electron chi connectivity index (χ4n) is 4.54. The second-order valence-electron chi connectivity index (χ2n) is 8.50. The van der Waals surface area contributed by atoms with Crippen molar-refractivity contribution in [2.45, 2.75) is 13.8 Å². The highest BCUT2D eigenvalue weighted by Crippen LogP contribution is 2.34. The van der Waals surface area contributed by atoms with Gasteiger partial charge in [-0.25, -0.2) is 4.98 Å². The summed E-state index contributed by atoms with van der Waals surface area (Å²) < 4.78 is 4.03. The van der Waals surface area contributed by atoms with Crippen LogP contribution in [0, 0.1) is 13.8 Å². The number of hydrogen-bond acceptors (Lipinski definition) is 2. The summed E-state index contributed by atoms with van der Waals surface area (Å²) >= 11 is 12.3. The van der Waals surface area contributed by atoms with E-state index in [0.29, 0.717) is 21.3 Å². The number of benzene rings is 3. The summed E-state index contributed by atoms with van der Waals surface area (Å²) in [5.41, 5.74) is 8.59. The van der Waals surface area contributed by atoms with Gasteiger partial charge in [-0.05, 0) is 85.6 Å². The Kier molecular flexibility index (Phi) is 4.76. The van der Waals surface area contributed by atoms with Crippen LogP contribution in [0.3, 0.4) is 0 Å². The van der Waals surface area contributed by atoms with Gasteiger partial charge in [-0.3, -0.25) is 9.20 Å². The standard InChI is InChI=1S/C28H19Cl2N3O/c1-16-14-22-24(15-17(16)2)33-25(18-5-9-20(29)10-6-18)26(27(34)19-7-11-21(30)12-8-19)32-13-3-4-23(32)28(33)31-22/h3-15H,1-2H3. The molecule has 0 N–H and O–H groups in total. The summed E-state index contributed by atoms with van der Waals surface area (Å²) in [5, 5.41) is 1.22. The number of carbonyl (C=O) groups excluding carboxylic acids is 1. The van der Waals surface area contributed by atoms with Gasteiger partial charge in [0.2, 0.25) is 5.78 Å². The minimum absolute atomic E-state index is 0.101. The van der Waals surface area contributed by atoms with Crippen molar-refractivity contribution in [3.63, 3.8) is 0 Å². The first-order valence-electron chi connectivity index (χ1n) is 10.9. The van der Waals surface area contributed by atoms with Gasteiger partial charge in [-0.1, -0.05) is 35.3 Å². The van der Waals surface area contributed by atoms with Crippen LogP contribution in [-0.2, 0) is 0 Å². The van der Waals surface area contributed by atoms with Crippen LogP contribution in [0.15, 0.2) is 79.0 Å². The topological polar surface area (TPSA) is 38.8 Å². The number of carbonyl (C=O) groups is 1. The highest BCUT2D eigenvalue weighted by molar-refractivity contribution is 6.31. The maximum Gasteiger partial charge on any atom is 0.211 e. The Morgan fingerprint density at radius 2 is 1.47 bits per heavy atom. The van der Waals surface area contributed by atoms with Crippen molar-refractivity contribution in [1.29, 1.82) is 0 Å². The number of ketones is 1. The van der Waals surface area contributed by atoms with E-state index in [1.165, 1.54) is 5.56 Å². The summed E-state index contributed by atoms with van der Waals surface area (Å²) in [6.07, 6.45) is 1.91. The fourth-order valence-corrected chi connectivity index (χ4v) is 4.79. The van der Waals surface area contributed by atoms with Gasteiger partial charge in [0.25, 0.3) is 0 Å².